The second-order valence-corrected chi connectivity index (χ2v) is 5.38. The summed E-state index contributed by atoms with van der Waals surface area (Å²) in [6.45, 7) is 0.556. The first-order chi connectivity index (χ1) is 9.18. The van der Waals surface area contributed by atoms with Crippen molar-refractivity contribution in [2.24, 2.45) is 0 Å². The molecule has 1 atom stereocenters. The van der Waals surface area contributed by atoms with E-state index in [-0.39, 0.29) is 5.91 Å². The van der Waals surface area contributed by atoms with Crippen molar-refractivity contribution in [1.29, 1.82) is 0 Å². The quantitative estimate of drug-likeness (QED) is 0.882. The smallest absolute Gasteiger partial charge is 0.326 e. The van der Waals surface area contributed by atoms with E-state index in [0.717, 1.165) is 12.1 Å². The molecule has 0 aliphatic carbocycles. The zero-order valence-electron chi connectivity index (χ0n) is 10.5. The topological polar surface area (TPSA) is 70.5 Å². The molecule has 0 unspecified atom stereocenters. The Labute approximate surface area is 116 Å². The van der Waals surface area contributed by atoms with Crippen LogP contribution in [0, 0.1) is 0 Å². The normalized spacial score (nSPS) is 18.5. The number of nitrogens with zero attached hydrogens (tertiary/aromatic N) is 2. The van der Waals surface area contributed by atoms with Gasteiger partial charge in [0.05, 0.1) is 11.4 Å². The molecule has 1 aromatic heterocycles. The molecule has 5 nitrogen and oxygen atoms in total. The Hall–Kier alpha value is -1.56. The Morgan fingerprint density at radius 3 is 3.00 bits per heavy atom. The lowest BCUT2D eigenvalue weighted by molar-refractivity contribution is -0.147. The molecule has 0 saturated carbocycles. The third kappa shape index (κ3) is 3.70. The van der Waals surface area contributed by atoms with Crippen LogP contribution in [0.5, 0.6) is 0 Å². The molecule has 0 bridgehead atoms. The summed E-state index contributed by atoms with van der Waals surface area (Å²) in [5.41, 5.74) is 0.927. The number of pyridine rings is 1. The van der Waals surface area contributed by atoms with Crippen LogP contribution >= 0.6 is 11.8 Å². The van der Waals surface area contributed by atoms with Gasteiger partial charge in [-0.2, -0.15) is 0 Å². The van der Waals surface area contributed by atoms with Gasteiger partial charge in [-0.25, -0.2) is 4.79 Å². The van der Waals surface area contributed by atoms with Crippen LogP contribution in [-0.4, -0.2) is 45.2 Å². The Morgan fingerprint density at radius 2 is 2.32 bits per heavy atom. The zero-order chi connectivity index (χ0) is 13.7. The summed E-state index contributed by atoms with van der Waals surface area (Å²) < 4.78 is 0. The molecular weight excluding hydrogens is 264 g/mol. The van der Waals surface area contributed by atoms with Crippen LogP contribution < -0.4 is 0 Å². The molecule has 0 radical (unpaired) electrons. The molecule has 0 aromatic carbocycles. The van der Waals surface area contributed by atoms with Crippen LogP contribution in [0.4, 0.5) is 0 Å². The second-order valence-electron chi connectivity index (χ2n) is 4.40. The number of rotatable bonds is 5. The van der Waals surface area contributed by atoms with Gasteiger partial charge in [0.15, 0.2) is 0 Å². The number of aromatic nitrogens is 1. The molecule has 19 heavy (non-hydrogen) atoms. The molecular formula is C13H16N2O3S. The second kappa shape index (κ2) is 6.56. The molecule has 1 aliphatic heterocycles. The Morgan fingerprint density at radius 1 is 1.47 bits per heavy atom. The molecule has 2 rings (SSSR count). The lowest BCUT2D eigenvalue weighted by Crippen LogP contribution is -2.41. The van der Waals surface area contributed by atoms with E-state index in [1.165, 1.54) is 16.7 Å². The maximum Gasteiger partial charge on any atom is 0.326 e. The molecule has 1 N–H and O–H groups in total. The number of amides is 1. The lowest BCUT2D eigenvalue weighted by atomic mass is 10.2. The third-order valence-corrected chi connectivity index (χ3v) is 4.01. The van der Waals surface area contributed by atoms with Crippen LogP contribution in [0.1, 0.15) is 18.5 Å². The average Bonchev–Trinajstić information content (AvgIpc) is 2.89. The molecule has 102 valence electrons. The standard InChI is InChI=1S/C13H16N2O3S/c16-12(15-7-3-5-11(15)13(17)18)9-19-8-10-4-1-2-6-14-10/h1-2,4,6,11H,3,5,7-9H2,(H,17,18)/t11-/m1/s1. The number of carboxylic acid groups (broad SMARTS) is 1. The number of carbonyl (C=O) groups is 2. The van der Waals surface area contributed by atoms with Crippen LogP contribution in [0.3, 0.4) is 0 Å². The first kappa shape index (κ1) is 13.9. The van der Waals surface area contributed by atoms with Gasteiger partial charge in [0.1, 0.15) is 6.04 Å². The van der Waals surface area contributed by atoms with E-state index in [4.69, 9.17) is 5.11 Å². The van der Waals surface area contributed by atoms with Crippen molar-refractivity contribution in [3.05, 3.63) is 30.1 Å². The van der Waals surface area contributed by atoms with E-state index >= 15 is 0 Å². The van der Waals surface area contributed by atoms with Gasteiger partial charge in [0.2, 0.25) is 5.91 Å². The van der Waals surface area contributed by atoms with Crippen molar-refractivity contribution in [3.63, 3.8) is 0 Å². The highest BCUT2D eigenvalue weighted by molar-refractivity contribution is 7.99. The summed E-state index contributed by atoms with van der Waals surface area (Å²) in [6.07, 6.45) is 3.05. The minimum atomic E-state index is -0.902. The predicted octanol–water partition coefficient (Wildman–Crippen LogP) is 1.39. The monoisotopic (exact) mass is 280 g/mol. The fourth-order valence-electron chi connectivity index (χ4n) is 2.13. The fraction of sp³-hybridized carbons (Fsp3) is 0.462. The minimum absolute atomic E-state index is 0.0918. The summed E-state index contributed by atoms with van der Waals surface area (Å²) in [6, 6.07) is 5.03. The molecule has 1 aromatic rings. The Bertz CT molecular complexity index is 452. The number of likely N-dealkylation sites (tertiary alicyclic amines) is 1. The molecule has 1 amide bonds. The van der Waals surface area contributed by atoms with Crippen molar-refractivity contribution in [2.75, 3.05) is 12.3 Å². The van der Waals surface area contributed by atoms with Gasteiger partial charge in [-0.3, -0.25) is 9.78 Å². The van der Waals surface area contributed by atoms with Gasteiger partial charge in [-0.15, -0.1) is 11.8 Å². The molecule has 1 saturated heterocycles. The van der Waals surface area contributed by atoms with E-state index in [1.54, 1.807) is 6.20 Å². The number of hydrogen-bond donors (Lipinski definition) is 1. The van der Waals surface area contributed by atoms with E-state index < -0.39 is 12.0 Å². The first-order valence-electron chi connectivity index (χ1n) is 6.18. The maximum absolute atomic E-state index is 12.0. The SMILES string of the molecule is O=C(O)[C@H]1CCCN1C(=O)CSCc1ccccn1. The predicted molar refractivity (Wildman–Crippen MR) is 72.8 cm³/mol. The Kier molecular flexibility index (Phi) is 4.79. The molecule has 0 spiro atoms. The summed E-state index contributed by atoms with van der Waals surface area (Å²) in [5.74, 6) is -0.0233. The third-order valence-electron chi connectivity index (χ3n) is 3.06. The lowest BCUT2D eigenvalue weighted by Gasteiger charge is -2.21. The number of carbonyl (C=O) groups excluding carboxylic acids is 1. The van der Waals surface area contributed by atoms with Gasteiger partial charge in [-0.1, -0.05) is 6.07 Å². The van der Waals surface area contributed by atoms with E-state index in [2.05, 4.69) is 4.98 Å². The highest BCUT2D eigenvalue weighted by Gasteiger charge is 2.33. The molecule has 6 heteroatoms. The molecule has 1 fully saturated rings. The minimum Gasteiger partial charge on any atom is -0.480 e. The summed E-state index contributed by atoms with van der Waals surface area (Å²) in [5, 5.41) is 9.03. The summed E-state index contributed by atoms with van der Waals surface area (Å²) >= 11 is 1.47. The first-order valence-corrected chi connectivity index (χ1v) is 7.34. The average molecular weight is 280 g/mol. The van der Waals surface area contributed by atoms with Gasteiger partial charge in [0, 0.05) is 18.5 Å². The highest BCUT2D eigenvalue weighted by atomic mass is 32.2. The fourth-order valence-corrected chi connectivity index (χ4v) is 2.95. The van der Waals surface area contributed by atoms with E-state index in [9.17, 15) is 9.59 Å². The number of hydrogen-bond acceptors (Lipinski definition) is 4. The molecule has 1 aliphatic rings. The van der Waals surface area contributed by atoms with E-state index in [1.807, 2.05) is 18.2 Å². The van der Waals surface area contributed by atoms with Gasteiger partial charge < -0.3 is 10.0 Å². The van der Waals surface area contributed by atoms with Crippen molar-refractivity contribution >= 4 is 23.6 Å². The largest absolute Gasteiger partial charge is 0.480 e. The van der Waals surface area contributed by atoms with Gasteiger partial charge in [0.25, 0.3) is 0 Å². The van der Waals surface area contributed by atoms with Gasteiger partial charge in [-0.05, 0) is 25.0 Å². The van der Waals surface area contributed by atoms with Crippen molar-refractivity contribution in [2.45, 2.75) is 24.6 Å². The van der Waals surface area contributed by atoms with Crippen LogP contribution in [-0.2, 0) is 15.3 Å². The Balaban J connectivity index is 1.80. The summed E-state index contributed by atoms with van der Waals surface area (Å²) in [7, 11) is 0. The van der Waals surface area contributed by atoms with Crippen molar-refractivity contribution in [1.82, 2.24) is 9.88 Å². The van der Waals surface area contributed by atoms with Crippen molar-refractivity contribution in [3.8, 4) is 0 Å². The number of thioether (sulfide) groups is 1. The van der Waals surface area contributed by atoms with E-state index in [0.29, 0.717) is 24.5 Å². The van der Waals surface area contributed by atoms with Crippen molar-refractivity contribution < 1.29 is 14.7 Å². The number of carboxylic acids is 1. The van der Waals surface area contributed by atoms with Gasteiger partial charge >= 0.3 is 5.97 Å². The van der Waals surface area contributed by atoms with Crippen LogP contribution in [0.15, 0.2) is 24.4 Å². The van der Waals surface area contributed by atoms with Crippen LogP contribution in [0.25, 0.3) is 0 Å². The highest BCUT2D eigenvalue weighted by Crippen LogP contribution is 2.19. The summed E-state index contributed by atoms with van der Waals surface area (Å²) in [4.78, 5) is 28.6. The zero-order valence-corrected chi connectivity index (χ0v) is 11.3. The maximum atomic E-state index is 12.0. The number of aliphatic carboxylic acids is 1. The molecule has 2 heterocycles. The van der Waals surface area contributed by atoms with Crippen LogP contribution in [0.2, 0.25) is 0 Å².